The Morgan fingerprint density at radius 1 is 1.43 bits per heavy atom. The number of para-hydroxylation sites is 1. The van der Waals surface area contributed by atoms with E-state index in [1.165, 1.54) is 11.3 Å². The number of aromatic nitrogens is 2. The highest BCUT2D eigenvalue weighted by molar-refractivity contribution is 8.01. The van der Waals surface area contributed by atoms with Gasteiger partial charge in [0.2, 0.25) is 5.13 Å². The van der Waals surface area contributed by atoms with Gasteiger partial charge in [-0.1, -0.05) is 48.2 Å². The van der Waals surface area contributed by atoms with Gasteiger partial charge in [0.25, 0.3) is 5.91 Å². The first-order valence-electron chi connectivity index (χ1n) is 6.59. The summed E-state index contributed by atoms with van der Waals surface area (Å²) in [6, 6.07) is 7.60. The highest BCUT2D eigenvalue weighted by Gasteiger charge is 2.17. The first-order chi connectivity index (χ1) is 10.1. The Balaban J connectivity index is 1.94. The number of rotatable bonds is 6. The molecule has 1 atom stereocenters. The molecule has 112 valence electrons. The van der Waals surface area contributed by atoms with Crippen LogP contribution in [0.1, 0.15) is 19.4 Å². The maximum absolute atomic E-state index is 12.1. The van der Waals surface area contributed by atoms with Crippen LogP contribution in [-0.2, 0) is 4.79 Å². The van der Waals surface area contributed by atoms with Crippen molar-refractivity contribution in [3.05, 3.63) is 29.8 Å². The third-order valence-corrected chi connectivity index (χ3v) is 4.53. The summed E-state index contributed by atoms with van der Waals surface area (Å²) in [5.41, 5.74) is 0.995. The van der Waals surface area contributed by atoms with E-state index in [0.29, 0.717) is 10.9 Å². The summed E-state index contributed by atoms with van der Waals surface area (Å²) in [6.45, 7) is 5.70. The molecule has 1 aromatic carbocycles. The third kappa shape index (κ3) is 4.44. The van der Waals surface area contributed by atoms with Crippen LogP contribution >= 0.6 is 23.1 Å². The zero-order valence-electron chi connectivity index (χ0n) is 12.1. The molecule has 0 radical (unpaired) electrons. The molecule has 1 heterocycles. The summed E-state index contributed by atoms with van der Waals surface area (Å²) in [5, 5.41) is 11.2. The van der Waals surface area contributed by atoms with Gasteiger partial charge in [0.1, 0.15) is 5.75 Å². The Bertz CT molecular complexity index is 616. The first-order valence-corrected chi connectivity index (χ1v) is 8.39. The molecule has 0 unspecified atom stereocenters. The van der Waals surface area contributed by atoms with Crippen molar-refractivity contribution in [3.8, 4) is 5.75 Å². The average Bonchev–Trinajstić information content (AvgIpc) is 2.89. The molecule has 21 heavy (non-hydrogen) atoms. The number of hydrogen-bond acceptors (Lipinski definition) is 6. The second kappa shape index (κ2) is 7.42. The van der Waals surface area contributed by atoms with Crippen LogP contribution in [0.25, 0.3) is 0 Å². The average molecular weight is 323 g/mol. The topological polar surface area (TPSA) is 64.1 Å². The molecule has 1 amide bonds. The summed E-state index contributed by atoms with van der Waals surface area (Å²) in [6.07, 6.45) is -0.600. The molecule has 0 saturated heterocycles. The van der Waals surface area contributed by atoms with E-state index in [-0.39, 0.29) is 5.91 Å². The molecule has 1 aromatic heterocycles. The number of amides is 1. The lowest BCUT2D eigenvalue weighted by Crippen LogP contribution is -2.30. The van der Waals surface area contributed by atoms with Gasteiger partial charge < -0.3 is 4.74 Å². The largest absolute Gasteiger partial charge is 0.481 e. The standard InChI is InChI=1S/C14H17N3O2S2/c1-4-20-14-17-16-13(21-14)15-12(18)10(3)19-11-8-6-5-7-9(11)2/h5-8,10H,4H2,1-3H3,(H,15,16,18)/t10-/m0/s1. The minimum Gasteiger partial charge on any atom is -0.481 e. The summed E-state index contributed by atoms with van der Waals surface area (Å²) < 4.78 is 6.52. The Morgan fingerprint density at radius 2 is 2.19 bits per heavy atom. The van der Waals surface area contributed by atoms with Gasteiger partial charge in [0, 0.05) is 0 Å². The van der Waals surface area contributed by atoms with Crippen molar-refractivity contribution in [1.29, 1.82) is 0 Å². The molecule has 0 aliphatic rings. The fourth-order valence-corrected chi connectivity index (χ4v) is 3.23. The molecule has 5 nitrogen and oxygen atoms in total. The van der Waals surface area contributed by atoms with Gasteiger partial charge in [-0.3, -0.25) is 10.1 Å². The Morgan fingerprint density at radius 3 is 2.90 bits per heavy atom. The van der Waals surface area contributed by atoms with Gasteiger partial charge in [-0.05, 0) is 31.2 Å². The van der Waals surface area contributed by atoms with Crippen molar-refractivity contribution >= 4 is 34.1 Å². The van der Waals surface area contributed by atoms with E-state index in [2.05, 4.69) is 15.5 Å². The van der Waals surface area contributed by atoms with Gasteiger partial charge in [0.15, 0.2) is 10.4 Å². The Kier molecular flexibility index (Phi) is 5.58. The maximum Gasteiger partial charge on any atom is 0.266 e. The molecule has 0 aliphatic carbocycles. The molecule has 0 bridgehead atoms. The molecule has 2 rings (SSSR count). The zero-order chi connectivity index (χ0) is 15.2. The van der Waals surface area contributed by atoms with Crippen molar-refractivity contribution in [2.75, 3.05) is 11.1 Å². The van der Waals surface area contributed by atoms with Gasteiger partial charge in [0.05, 0.1) is 0 Å². The van der Waals surface area contributed by atoms with Crippen molar-refractivity contribution in [2.45, 2.75) is 31.2 Å². The molecular formula is C14H17N3O2S2. The Hall–Kier alpha value is -1.60. The third-order valence-electron chi connectivity index (χ3n) is 2.67. The van der Waals surface area contributed by atoms with Crippen molar-refractivity contribution < 1.29 is 9.53 Å². The molecule has 0 spiro atoms. The van der Waals surface area contributed by atoms with Gasteiger partial charge in [-0.25, -0.2) is 0 Å². The van der Waals surface area contributed by atoms with Crippen LogP contribution in [0.5, 0.6) is 5.75 Å². The second-order valence-corrected chi connectivity index (χ2v) is 6.81. The quantitative estimate of drug-likeness (QED) is 0.652. The number of aryl methyl sites for hydroxylation is 1. The lowest BCUT2D eigenvalue weighted by Gasteiger charge is -2.15. The van der Waals surface area contributed by atoms with Crippen LogP contribution in [0.3, 0.4) is 0 Å². The predicted molar refractivity (Wildman–Crippen MR) is 86.2 cm³/mol. The van der Waals surface area contributed by atoms with E-state index in [1.807, 2.05) is 38.1 Å². The van der Waals surface area contributed by atoms with Gasteiger partial charge in [-0.2, -0.15) is 0 Å². The first kappa shape index (κ1) is 15.8. The van der Waals surface area contributed by atoms with E-state index in [9.17, 15) is 4.79 Å². The van der Waals surface area contributed by atoms with Crippen LogP contribution in [0.2, 0.25) is 0 Å². The van der Waals surface area contributed by atoms with E-state index in [4.69, 9.17) is 4.74 Å². The molecule has 0 fully saturated rings. The number of ether oxygens (including phenoxy) is 1. The number of anilines is 1. The number of carbonyl (C=O) groups is 1. The number of benzene rings is 1. The predicted octanol–water partition coefficient (Wildman–Crippen LogP) is 3.36. The van der Waals surface area contributed by atoms with Crippen LogP contribution in [-0.4, -0.2) is 28.0 Å². The normalized spacial score (nSPS) is 12.0. The zero-order valence-corrected chi connectivity index (χ0v) is 13.8. The van der Waals surface area contributed by atoms with Crippen LogP contribution in [0, 0.1) is 6.92 Å². The molecule has 2 aromatic rings. The van der Waals surface area contributed by atoms with Crippen LogP contribution in [0.15, 0.2) is 28.6 Å². The fourth-order valence-electron chi connectivity index (χ4n) is 1.58. The Labute approximate surface area is 132 Å². The molecule has 0 saturated carbocycles. The van der Waals surface area contributed by atoms with E-state index in [0.717, 1.165) is 15.7 Å². The highest BCUT2D eigenvalue weighted by atomic mass is 32.2. The number of nitrogens with one attached hydrogen (secondary N) is 1. The number of hydrogen-bond donors (Lipinski definition) is 1. The van der Waals surface area contributed by atoms with Crippen LogP contribution < -0.4 is 10.1 Å². The molecular weight excluding hydrogens is 306 g/mol. The van der Waals surface area contributed by atoms with Crippen molar-refractivity contribution in [1.82, 2.24) is 10.2 Å². The number of nitrogens with zero attached hydrogens (tertiary/aromatic N) is 2. The smallest absolute Gasteiger partial charge is 0.266 e. The summed E-state index contributed by atoms with van der Waals surface area (Å²) in [7, 11) is 0. The van der Waals surface area contributed by atoms with E-state index in [1.54, 1.807) is 18.7 Å². The lowest BCUT2D eigenvalue weighted by atomic mass is 10.2. The molecule has 0 aliphatic heterocycles. The number of thioether (sulfide) groups is 1. The lowest BCUT2D eigenvalue weighted by molar-refractivity contribution is -0.122. The highest BCUT2D eigenvalue weighted by Crippen LogP contribution is 2.25. The van der Waals surface area contributed by atoms with E-state index < -0.39 is 6.10 Å². The molecule has 1 N–H and O–H groups in total. The van der Waals surface area contributed by atoms with Gasteiger partial charge in [-0.15, -0.1) is 10.2 Å². The fraction of sp³-hybridized carbons (Fsp3) is 0.357. The monoisotopic (exact) mass is 323 g/mol. The van der Waals surface area contributed by atoms with Crippen LogP contribution in [0.4, 0.5) is 5.13 Å². The minimum atomic E-state index is -0.600. The minimum absolute atomic E-state index is 0.234. The van der Waals surface area contributed by atoms with Gasteiger partial charge >= 0.3 is 0 Å². The maximum atomic E-state index is 12.1. The van der Waals surface area contributed by atoms with Crippen molar-refractivity contribution in [3.63, 3.8) is 0 Å². The second-order valence-electron chi connectivity index (χ2n) is 4.32. The van der Waals surface area contributed by atoms with E-state index >= 15 is 0 Å². The summed E-state index contributed by atoms with van der Waals surface area (Å²) in [4.78, 5) is 12.1. The van der Waals surface area contributed by atoms with Crippen molar-refractivity contribution in [2.24, 2.45) is 0 Å². The SMILES string of the molecule is CCSc1nnc(NC(=O)[C@H](C)Oc2ccccc2C)s1. The summed E-state index contributed by atoms with van der Waals surface area (Å²) >= 11 is 2.96. The molecule has 7 heteroatoms. The number of carbonyl (C=O) groups excluding carboxylic acids is 1. The summed E-state index contributed by atoms with van der Waals surface area (Å²) in [5.74, 6) is 1.40.